The van der Waals surface area contributed by atoms with Crippen LogP contribution in [0.4, 0.5) is 0 Å². The van der Waals surface area contributed by atoms with E-state index >= 15 is 0 Å². The van der Waals surface area contributed by atoms with Crippen LogP contribution in [0.5, 0.6) is 5.75 Å². The second-order valence-corrected chi connectivity index (χ2v) is 5.86. The van der Waals surface area contributed by atoms with E-state index in [4.69, 9.17) is 4.74 Å². The van der Waals surface area contributed by atoms with Gasteiger partial charge in [-0.25, -0.2) is 4.98 Å². The fourth-order valence-electron chi connectivity index (χ4n) is 3.18. The summed E-state index contributed by atoms with van der Waals surface area (Å²) >= 11 is 0. The number of aromatic nitrogens is 2. The van der Waals surface area contributed by atoms with E-state index in [1.54, 1.807) is 0 Å². The van der Waals surface area contributed by atoms with Crippen LogP contribution in [0.3, 0.4) is 0 Å². The quantitative estimate of drug-likeness (QED) is 0.790. The summed E-state index contributed by atoms with van der Waals surface area (Å²) in [5, 5.41) is 10.4. The zero-order valence-electron chi connectivity index (χ0n) is 12.7. The summed E-state index contributed by atoms with van der Waals surface area (Å²) in [5.41, 5.74) is 5.12. The van der Waals surface area contributed by atoms with Crippen molar-refractivity contribution in [2.75, 3.05) is 0 Å². The van der Waals surface area contributed by atoms with Gasteiger partial charge >= 0.3 is 0 Å². The Hall–Kier alpha value is -2.33. The minimum absolute atomic E-state index is 0.334. The molecule has 1 aliphatic rings. The fraction of sp³-hybridized carbons (Fsp3) is 0.278. The second kappa shape index (κ2) is 4.85. The molecule has 1 aromatic carbocycles. The van der Waals surface area contributed by atoms with Crippen LogP contribution in [0, 0.1) is 13.8 Å². The summed E-state index contributed by atoms with van der Waals surface area (Å²) in [4.78, 5) is 4.59. The minimum atomic E-state index is -0.519. The molecule has 4 nitrogen and oxygen atoms in total. The van der Waals surface area contributed by atoms with Crippen LogP contribution in [-0.4, -0.2) is 20.6 Å². The van der Waals surface area contributed by atoms with E-state index in [9.17, 15) is 5.11 Å². The maximum atomic E-state index is 10.4. The first-order valence-electron chi connectivity index (χ1n) is 7.52. The van der Waals surface area contributed by atoms with Gasteiger partial charge in [-0.3, -0.25) is 0 Å². The number of fused-ring (bicyclic) bond motifs is 2. The van der Waals surface area contributed by atoms with Crippen LogP contribution in [-0.2, 0) is 6.42 Å². The highest BCUT2D eigenvalue weighted by atomic mass is 16.5. The largest absolute Gasteiger partial charge is 0.479 e. The highest BCUT2D eigenvalue weighted by Gasteiger charge is 2.33. The number of aliphatic hydroxyl groups excluding tert-OH is 1. The molecule has 3 aromatic rings. The Morgan fingerprint density at radius 2 is 2.00 bits per heavy atom. The third-order valence-electron chi connectivity index (χ3n) is 4.48. The average Bonchev–Trinajstić information content (AvgIpc) is 2.99. The zero-order valence-corrected chi connectivity index (χ0v) is 12.7. The Morgan fingerprint density at radius 3 is 2.86 bits per heavy atom. The molecule has 1 aliphatic carbocycles. The maximum absolute atomic E-state index is 10.4. The first kappa shape index (κ1) is 13.3. The van der Waals surface area contributed by atoms with E-state index in [-0.39, 0.29) is 6.10 Å². The lowest BCUT2D eigenvalue weighted by Gasteiger charge is -2.18. The molecule has 0 amide bonds. The average molecular weight is 294 g/mol. The van der Waals surface area contributed by atoms with Crippen molar-refractivity contribution < 1.29 is 9.84 Å². The van der Waals surface area contributed by atoms with Crippen molar-refractivity contribution in [3.8, 4) is 5.75 Å². The van der Waals surface area contributed by atoms with Crippen molar-refractivity contribution in [2.45, 2.75) is 32.5 Å². The molecule has 0 spiro atoms. The lowest BCUT2D eigenvalue weighted by molar-refractivity contribution is 0.0502. The van der Waals surface area contributed by atoms with Crippen molar-refractivity contribution in [1.29, 1.82) is 0 Å². The standard InChI is InChI=1S/C18H18N2O2/c1-11-12(2)20-9-5-8-16(18(20)19-11)22-17-14-7-4-3-6-13(14)10-15(17)21/h3-9,15,17,21H,10H2,1-2H3/t15-,17-/m1/s1. The van der Waals surface area contributed by atoms with E-state index in [0.717, 1.165) is 28.2 Å². The maximum Gasteiger partial charge on any atom is 0.180 e. The fourth-order valence-corrected chi connectivity index (χ4v) is 3.18. The number of ether oxygens (including phenoxy) is 1. The second-order valence-electron chi connectivity index (χ2n) is 5.86. The van der Waals surface area contributed by atoms with Gasteiger partial charge in [0.05, 0.1) is 11.8 Å². The number of hydrogen-bond acceptors (Lipinski definition) is 3. The molecule has 2 aromatic heterocycles. The lowest BCUT2D eigenvalue weighted by Crippen LogP contribution is -2.19. The molecule has 0 unspecified atom stereocenters. The summed E-state index contributed by atoms with van der Waals surface area (Å²) in [6.45, 7) is 4.03. The van der Waals surface area contributed by atoms with Gasteiger partial charge in [-0.1, -0.05) is 24.3 Å². The van der Waals surface area contributed by atoms with Gasteiger partial charge in [-0.15, -0.1) is 0 Å². The number of imidazole rings is 1. The molecule has 4 heteroatoms. The van der Waals surface area contributed by atoms with Gasteiger partial charge in [0.1, 0.15) is 0 Å². The van der Waals surface area contributed by atoms with Crippen molar-refractivity contribution in [1.82, 2.24) is 9.38 Å². The van der Waals surface area contributed by atoms with Crippen LogP contribution in [0.25, 0.3) is 5.65 Å². The third kappa shape index (κ3) is 1.91. The number of rotatable bonds is 2. The molecule has 112 valence electrons. The van der Waals surface area contributed by atoms with Gasteiger partial charge in [-0.05, 0) is 37.1 Å². The van der Waals surface area contributed by atoms with Crippen LogP contribution >= 0.6 is 0 Å². The minimum Gasteiger partial charge on any atom is -0.479 e. The van der Waals surface area contributed by atoms with Crippen LogP contribution in [0.2, 0.25) is 0 Å². The summed E-state index contributed by atoms with van der Waals surface area (Å²) in [5.74, 6) is 0.708. The first-order chi connectivity index (χ1) is 10.6. The van der Waals surface area contributed by atoms with Crippen molar-refractivity contribution in [2.24, 2.45) is 0 Å². The normalized spacial score (nSPS) is 20.3. The number of aliphatic hydroxyl groups is 1. The highest BCUT2D eigenvalue weighted by molar-refractivity contribution is 5.56. The molecule has 0 radical (unpaired) electrons. The Kier molecular flexibility index (Phi) is 2.94. The molecule has 2 atom stereocenters. The Labute approximate surface area is 129 Å². The van der Waals surface area contributed by atoms with Gasteiger partial charge in [-0.2, -0.15) is 0 Å². The monoisotopic (exact) mass is 294 g/mol. The molecule has 0 bridgehead atoms. The number of hydrogen-bond donors (Lipinski definition) is 1. The summed E-state index contributed by atoms with van der Waals surface area (Å²) in [7, 11) is 0. The van der Waals surface area contributed by atoms with E-state index in [1.807, 2.05) is 60.8 Å². The summed E-state index contributed by atoms with van der Waals surface area (Å²) in [6, 6.07) is 11.9. The van der Waals surface area contributed by atoms with Crippen LogP contribution in [0.1, 0.15) is 28.6 Å². The molecule has 0 fully saturated rings. The number of nitrogens with zero attached hydrogens (tertiary/aromatic N) is 2. The third-order valence-corrected chi connectivity index (χ3v) is 4.48. The van der Waals surface area contributed by atoms with Crippen LogP contribution in [0.15, 0.2) is 42.6 Å². The van der Waals surface area contributed by atoms with Crippen molar-refractivity contribution >= 4 is 5.65 Å². The van der Waals surface area contributed by atoms with Crippen molar-refractivity contribution in [3.05, 3.63) is 65.1 Å². The topological polar surface area (TPSA) is 46.8 Å². The highest BCUT2D eigenvalue weighted by Crippen LogP contribution is 2.36. The van der Waals surface area contributed by atoms with Crippen molar-refractivity contribution in [3.63, 3.8) is 0 Å². The van der Waals surface area contributed by atoms with Gasteiger partial charge in [0.15, 0.2) is 17.5 Å². The number of aryl methyl sites for hydroxylation is 2. The molecule has 2 heterocycles. The molecular formula is C18H18N2O2. The summed E-state index contributed by atoms with van der Waals surface area (Å²) < 4.78 is 8.19. The lowest BCUT2D eigenvalue weighted by atomic mass is 10.1. The van der Waals surface area contributed by atoms with E-state index in [1.165, 1.54) is 0 Å². The Morgan fingerprint density at radius 1 is 1.18 bits per heavy atom. The molecule has 4 rings (SSSR count). The number of pyridine rings is 1. The number of benzene rings is 1. The SMILES string of the molecule is Cc1nc2c(O[C@@H]3c4ccccc4C[C@H]3O)cccn2c1C. The van der Waals surface area contributed by atoms with Gasteiger partial charge in [0.25, 0.3) is 0 Å². The first-order valence-corrected chi connectivity index (χ1v) is 7.52. The van der Waals surface area contributed by atoms with E-state index in [2.05, 4.69) is 4.98 Å². The predicted molar refractivity (Wildman–Crippen MR) is 84.2 cm³/mol. The Balaban J connectivity index is 1.77. The smallest absolute Gasteiger partial charge is 0.180 e. The van der Waals surface area contributed by atoms with Crippen LogP contribution < -0.4 is 4.74 Å². The zero-order chi connectivity index (χ0) is 15.3. The van der Waals surface area contributed by atoms with Gasteiger partial charge < -0.3 is 14.2 Å². The molecule has 0 aliphatic heterocycles. The van der Waals surface area contributed by atoms with Gasteiger partial charge in [0.2, 0.25) is 0 Å². The van der Waals surface area contributed by atoms with E-state index in [0.29, 0.717) is 12.2 Å². The predicted octanol–water partition coefficient (Wildman–Crippen LogP) is 2.99. The molecule has 0 saturated carbocycles. The molecule has 1 N–H and O–H groups in total. The Bertz CT molecular complexity index is 853. The molecule has 0 saturated heterocycles. The molecular weight excluding hydrogens is 276 g/mol. The summed E-state index contributed by atoms with van der Waals surface area (Å²) in [6.07, 6.45) is 1.77. The van der Waals surface area contributed by atoms with E-state index < -0.39 is 6.10 Å². The van der Waals surface area contributed by atoms with Gasteiger partial charge in [0, 0.05) is 18.3 Å². The molecule has 22 heavy (non-hydrogen) atoms.